The second-order valence-electron chi connectivity index (χ2n) is 9.99. The number of carbonyl (C=O) groups is 1. The third-order valence-electron chi connectivity index (χ3n) is 7.50. The molecule has 0 saturated carbocycles. The maximum Gasteiger partial charge on any atom is 0.347 e. The van der Waals surface area contributed by atoms with Gasteiger partial charge >= 0.3 is 5.69 Å². The van der Waals surface area contributed by atoms with Gasteiger partial charge < -0.3 is 5.73 Å². The van der Waals surface area contributed by atoms with E-state index in [1.807, 2.05) is 36.4 Å². The van der Waals surface area contributed by atoms with Crippen molar-refractivity contribution in [2.24, 2.45) is 10.8 Å². The van der Waals surface area contributed by atoms with Crippen molar-refractivity contribution in [2.75, 3.05) is 11.6 Å². The lowest BCUT2D eigenvalue weighted by molar-refractivity contribution is -0.118. The Morgan fingerprint density at radius 3 is 2.56 bits per heavy atom. The first-order chi connectivity index (χ1) is 18.8. The summed E-state index contributed by atoms with van der Waals surface area (Å²) in [6.07, 6.45) is 1.80. The van der Waals surface area contributed by atoms with E-state index in [9.17, 15) is 9.59 Å². The van der Waals surface area contributed by atoms with Crippen LogP contribution >= 0.6 is 23.2 Å². The number of nitrogens with two attached hydrogens (primary N) is 1. The predicted octanol–water partition coefficient (Wildman–Crippen LogP) is 4.38. The van der Waals surface area contributed by atoms with Crippen molar-refractivity contribution in [1.82, 2.24) is 14.3 Å². The van der Waals surface area contributed by atoms with Gasteiger partial charge in [-0.3, -0.25) is 9.36 Å². The quantitative estimate of drug-likeness (QED) is 0.362. The fourth-order valence-electron chi connectivity index (χ4n) is 5.69. The Morgan fingerprint density at radius 2 is 1.79 bits per heavy atom. The van der Waals surface area contributed by atoms with Crippen molar-refractivity contribution in [1.29, 1.82) is 0 Å². The SMILES string of the molecule is NC(=O)CCn1c(N2C[C@]3(CCc4ccccc43)C(c3ccc(Cl)cc3)=N2)nn(Cc2cccc(Cl)c2)c1=O. The number of hydrogen-bond acceptors (Lipinski definition) is 5. The molecule has 0 saturated heterocycles. The summed E-state index contributed by atoms with van der Waals surface area (Å²) in [6, 6.07) is 23.4. The highest BCUT2D eigenvalue weighted by atomic mass is 35.5. The molecule has 1 atom stereocenters. The number of hydrogen-bond donors (Lipinski definition) is 1. The molecular weight excluding hydrogens is 535 g/mol. The smallest absolute Gasteiger partial charge is 0.347 e. The lowest BCUT2D eigenvalue weighted by atomic mass is 9.75. The summed E-state index contributed by atoms with van der Waals surface area (Å²) in [6.45, 7) is 0.836. The first-order valence-corrected chi connectivity index (χ1v) is 13.5. The van der Waals surface area contributed by atoms with Crippen molar-refractivity contribution in [3.05, 3.63) is 116 Å². The molecule has 1 aliphatic heterocycles. The molecule has 1 aliphatic carbocycles. The minimum absolute atomic E-state index is 0.00529. The first-order valence-electron chi connectivity index (χ1n) is 12.8. The molecule has 3 aromatic carbocycles. The molecule has 0 unspecified atom stereocenters. The zero-order valence-corrected chi connectivity index (χ0v) is 22.6. The Kier molecular flexibility index (Phi) is 6.53. The van der Waals surface area contributed by atoms with Crippen molar-refractivity contribution >= 4 is 40.8 Å². The lowest BCUT2D eigenvalue weighted by Crippen LogP contribution is -2.37. The number of amides is 1. The van der Waals surface area contributed by atoms with E-state index >= 15 is 0 Å². The summed E-state index contributed by atoms with van der Waals surface area (Å²) in [5.74, 6) is -0.126. The topological polar surface area (TPSA) is 98.5 Å². The van der Waals surface area contributed by atoms with Crippen LogP contribution in [0.3, 0.4) is 0 Å². The summed E-state index contributed by atoms with van der Waals surface area (Å²) in [4.78, 5) is 25.2. The van der Waals surface area contributed by atoms with E-state index in [2.05, 4.69) is 24.3 Å². The zero-order chi connectivity index (χ0) is 27.1. The van der Waals surface area contributed by atoms with Crippen LogP contribution in [0.4, 0.5) is 5.95 Å². The molecule has 0 radical (unpaired) electrons. The highest BCUT2D eigenvalue weighted by Gasteiger charge is 2.49. The van der Waals surface area contributed by atoms with Gasteiger partial charge in [0.15, 0.2) is 0 Å². The fraction of sp³-hybridized carbons (Fsp3) is 0.241. The monoisotopic (exact) mass is 560 g/mol. The highest BCUT2D eigenvalue weighted by molar-refractivity contribution is 6.31. The van der Waals surface area contributed by atoms with E-state index < -0.39 is 5.91 Å². The van der Waals surface area contributed by atoms with E-state index in [1.165, 1.54) is 20.4 Å². The van der Waals surface area contributed by atoms with Crippen LogP contribution in [0.25, 0.3) is 0 Å². The highest BCUT2D eigenvalue weighted by Crippen LogP contribution is 2.46. The van der Waals surface area contributed by atoms with Crippen LogP contribution in [0.15, 0.2) is 82.7 Å². The summed E-state index contributed by atoms with van der Waals surface area (Å²) in [7, 11) is 0. The molecule has 2 heterocycles. The summed E-state index contributed by atoms with van der Waals surface area (Å²) >= 11 is 12.4. The molecule has 4 aromatic rings. The molecule has 0 bridgehead atoms. The molecular formula is C29H26Cl2N6O2. The molecule has 2 N–H and O–H groups in total. The van der Waals surface area contributed by atoms with Gasteiger partial charge in [-0.15, -0.1) is 5.10 Å². The molecule has 1 spiro atoms. The third-order valence-corrected chi connectivity index (χ3v) is 7.99. The Bertz CT molecular complexity index is 1660. The van der Waals surface area contributed by atoms with Gasteiger partial charge in [-0.1, -0.05) is 71.7 Å². The van der Waals surface area contributed by atoms with Crippen molar-refractivity contribution in [3.63, 3.8) is 0 Å². The number of aromatic nitrogens is 3. The number of benzene rings is 3. The standard InChI is InChI=1S/C29H26Cl2N6O2/c30-22-10-8-21(9-11-22)26-29(14-12-20-5-1-2-7-24(20)29)18-37(33-26)27-34-36(17-19-4-3-6-23(31)16-19)28(39)35(27)15-13-25(32)38/h1-11,16H,12-15,17-18H2,(H2,32,38)/t29-/m0/s1. The van der Waals surface area contributed by atoms with Gasteiger partial charge in [-0.25, -0.2) is 14.5 Å². The molecule has 8 nitrogen and oxygen atoms in total. The third kappa shape index (κ3) is 4.64. The summed E-state index contributed by atoms with van der Waals surface area (Å²) in [5, 5.41) is 12.8. The van der Waals surface area contributed by atoms with Gasteiger partial charge in [0.25, 0.3) is 0 Å². The zero-order valence-electron chi connectivity index (χ0n) is 21.1. The van der Waals surface area contributed by atoms with Crippen LogP contribution in [-0.4, -0.2) is 32.5 Å². The van der Waals surface area contributed by atoms with Crippen LogP contribution < -0.4 is 16.4 Å². The summed E-state index contributed by atoms with van der Waals surface area (Å²) in [5.41, 5.74) is 9.94. The second-order valence-corrected chi connectivity index (χ2v) is 10.9. The molecule has 2 aliphatic rings. The number of fused-ring (bicyclic) bond motifs is 2. The number of carbonyl (C=O) groups excluding carboxylic acids is 1. The lowest BCUT2D eigenvalue weighted by Gasteiger charge is -2.27. The molecule has 1 amide bonds. The number of anilines is 1. The molecule has 10 heteroatoms. The first kappa shape index (κ1) is 25.4. The van der Waals surface area contributed by atoms with Gasteiger partial charge in [0.2, 0.25) is 11.9 Å². The Morgan fingerprint density at radius 1 is 1.00 bits per heavy atom. The largest absolute Gasteiger partial charge is 0.370 e. The van der Waals surface area contributed by atoms with Crippen molar-refractivity contribution < 1.29 is 4.79 Å². The van der Waals surface area contributed by atoms with E-state index in [1.54, 1.807) is 17.1 Å². The van der Waals surface area contributed by atoms with Crippen molar-refractivity contribution in [3.8, 4) is 0 Å². The number of rotatable bonds is 7. The minimum Gasteiger partial charge on any atom is -0.370 e. The predicted molar refractivity (Wildman–Crippen MR) is 153 cm³/mol. The van der Waals surface area contributed by atoms with E-state index in [4.69, 9.17) is 39.1 Å². The normalized spacial score (nSPS) is 18.0. The van der Waals surface area contributed by atoms with Gasteiger partial charge in [0.05, 0.1) is 24.2 Å². The fourth-order valence-corrected chi connectivity index (χ4v) is 6.03. The van der Waals surface area contributed by atoms with Gasteiger partial charge in [0.1, 0.15) is 0 Å². The average molecular weight is 561 g/mol. The average Bonchev–Trinajstić information content (AvgIpc) is 3.58. The number of primary amides is 1. The molecule has 0 fully saturated rings. The Balaban J connectivity index is 1.46. The van der Waals surface area contributed by atoms with Gasteiger partial charge in [-0.05, 0) is 59.4 Å². The number of halogens is 2. The Labute approximate surface area is 235 Å². The maximum atomic E-state index is 13.5. The molecule has 1 aromatic heterocycles. The van der Waals surface area contributed by atoms with Crippen LogP contribution in [-0.2, 0) is 29.7 Å². The van der Waals surface area contributed by atoms with E-state index in [0.717, 1.165) is 29.7 Å². The summed E-state index contributed by atoms with van der Waals surface area (Å²) < 4.78 is 2.87. The van der Waals surface area contributed by atoms with Crippen LogP contribution in [0.1, 0.15) is 35.1 Å². The number of nitrogens with zero attached hydrogens (tertiary/aromatic N) is 5. The van der Waals surface area contributed by atoms with Crippen molar-refractivity contribution in [2.45, 2.75) is 37.8 Å². The van der Waals surface area contributed by atoms with E-state index in [-0.39, 0.29) is 30.6 Å². The maximum absolute atomic E-state index is 13.5. The second kappa shape index (κ2) is 10.0. The minimum atomic E-state index is -0.497. The van der Waals surface area contributed by atoms with Crippen LogP contribution in [0.2, 0.25) is 10.0 Å². The van der Waals surface area contributed by atoms with Crippen LogP contribution in [0.5, 0.6) is 0 Å². The molecule has 39 heavy (non-hydrogen) atoms. The van der Waals surface area contributed by atoms with Crippen LogP contribution in [0, 0.1) is 0 Å². The number of aryl methyl sites for hydroxylation is 1. The van der Waals surface area contributed by atoms with Gasteiger partial charge in [-0.2, -0.15) is 5.10 Å². The molecule has 6 rings (SSSR count). The molecule has 198 valence electrons. The van der Waals surface area contributed by atoms with E-state index in [0.29, 0.717) is 22.5 Å². The number of hydrazone groups is 1. The van der Waals surface area contributed by atoms with Gasteiger partial charge in [0, 0.05) is 23.0 Å². The Hall–Kier alpha value is -3.88.